The summed E-state index contributed by atoms with van der Waals surface area (Å²) in [5.74, 6) is 0.309. The third-order valence-corrected chi connectivity index (χ3v) is 3.19. The summed E-state index contributed by atoms with van der Waals surface area (Å²) >= 11 is 11.7. The van der Waals surface area contributed by atoms with Gasteiger partial charge < -0.3 is 10.5 Å². The number of hydrogen-bond donors (Lipinski definition) is 2. The van der Waals surface area contributed by atoms with E-state index in [2.05, 4.69) is 5.32 Å². The number of rotatable bonds is 2. The molecule has 2 aromatic rings. The van der Waals surface area contributed by atoms with Crippen molar-refractivity contribution in [3.63, 3.8) is 0 Å². The van der Waals surface area contributed by atoms with Gasteiger partial charge in [-0.15, -0.1) is 0 Å². The minimum absolute atomic E-state index is 0.309. The van der Waals surface area contributed by atoms with Crippen LogP contribution in [0.25, 0.3) is 0 Å². The van der Waals surface area contributed by atoms with Crippen molar-refractivity contribution in [2.45, 2.75) is 6.92 Å². The predicted octanol–water partition coefficient (Wildman–Crippen LogP) is 4.49. The van der Waals surface area contributed by atoms with Gasteiger partial charge in [-0.05, 0) is 36.8 Å². The number of carbonyl (C=O) groups excluding carboxylic acids is 1. The molecule has 20 heavy (non-hydrogen) atoms. The monoisotopic (exact) mass is 310 g/mol. The van der Waals surface area contributed by atoms with E-state index in [-0.39, 0.29) is 0 Å². The number of amides is 1. The van der Waals surface area contributed by atoms with Crippen molar-refractivity contribution in [1.82, 2.24) is 0 Å². The standard InChI is InChI=1S/C14H12Cl2N2O2/c1-8-2-3-9(15)6-13(8)18-14(19)20-10-4-5-11(16)12(17)7-10/h2-7H,17H2,1H3,(H,18,19). The molecule has 2 rings (SSSR count). The molecule has 0 aliphatic carbocycles. The third-order valence-electron chi connectivity index (χ3n) is 2.61. The van der Waals surface area contributed by atoms with Crippen molar-refractivity contribution in [2.75, 3.05) is 11.1 Å². The van der Waals surface area contributed by atoms with Crippen LogP contribution in [-0.4, -0.2) is 6.09 Å². The maximum Gasteiger partial charge on any atom is 0.417 e. The largest absolute Gasteiger partial charge is 0.417 e. The molecule has 0 fully saturated rings. The van der Waals surface area contributed by atoms with E-state index < -0.39 is 6.09 Å². The Labute approximate surface area is 126 Å². The van der Waals surface area contributed by atoms with E-state index in [1.807, 2.05) is 6.92 Å². The van der Waals surface area contributed by atoms with Gasteiger partial charge in [-0.3, -0.25) is 5.32 Å². The normalized spacial score (nSPS) is 10.2. The number of aryl methyl sites for hydroxylation is 1. The smallest absolute Gasteiger partial charge is 0.410 e. The maximum absolute atomic E-state index is 11.8. The maximum atomic E-state index is 11.8. The lowest BCUT2D eigenvalue weighted by atomic mass is 10.2. The summed E-state index contributed by atoms with van der Waals surface area (Å²) in [7, 11) is 0. The lowest BCUT2D eigenvalue weighted by molar-refractivity contribution is 0.215. The van der Waals surface area contributed by atoms with Crippen LogP contribution in [0.4, 0.5) is 16.2 Å². The van der Waals surface area contributed by atoms with Crippen LogP contribution in [0.5, 0.6) is 5.75 Å². The van der Waals surface area contributed by atoms with Crippen LogP contribution in [0.3, 0.4) is 0 Å². The Hall–Kier alpha value is -1.91. The van der Waals surface area contributed by atoms with Crippen LogP contribution in [0, 0.1) is 6.92 Å². The molecule has 0 aromatic heterocycles. The fourth-order valence-corrected chi connectivity index (χ4v) is 1.85. The van der Waals surface area contributed by atoms with E-state index in [9.17, 15) is 4.79 Å². The number of carbonyl (C=O) groups is 1. The lowest BCUT2D eigenvalue weighted by Crippen LogP contribution is -2.17. The molecule has 6 heteroatoms. The van der Waals surface area contributed by atoms with Crippen molar-refractivity contribution in [1.29, 1.82) is 0 Å². The van der Waals surface area contributed by atoms with Crippen LogP contribution in [-0.2, 0) is 0 Å². The molecule has 0 saturated carbocycles. The lowest BCUT2D eigenvalue weighted by Gasteiger charge is -2.10. The highest BCUT2D eigenvalue weighted by Gasteiger charge is 2.08. The van der Waals surface area contributed by atoms with Gasteiger partial charge in [0.2, 0.25) is 0 Å². The van der Waals surface area contributed by atoms with Crippen molar-refractivity contribution < 1.29 is 9.53 Å². The van der Waals surface area contributed by atoms with E-state index in [1.54, 1.807) is 30.3 Å². The van der Waals surface area contributed by atoms with Gasteiger partial charge >= 0.3 is 6.09 Å². The van der Waals surface area contributed by atoms with Gasteiger partial charge in [0.25, 0.3) is 0 Å². The van der Waals surface area contributed by atoms with E-state index in [0.717, 1.165) is 5.56 Å². The number of halogens is 2. The summed E-state index contributed by atoms with van der Waals surface area (Å²) in [6.07, 6.45) is -0.628. The summed E-state index contributed by atoms with van der Waals surface area (Å²) in [5, 5.41) is 3.55. The van der Waals surface area contributed by atoms with Gasteiger partial charge in [0.15, 0.2) is 0 Å². The first kappa shape index (κ1) is 14.5. The summed E-state index contributed by atoms with van der Waals surface area (Å²) in [4.78, 5) is 11.8. The SMILES string of the molecule is Cc1ccc(Cl)cc1NC(=O)Oc1ccc(Cl)c(N)c1. The molecule has 0 saturated heterocycles. The van der Waals surface area contributed by atoms with Crippen molar-refractivity contribution in [3.8, 4) is 5.75 Å². The Morgan fingerprint density at radius 3 is 2.65 bits per heavy atom. The highest BCUT2D eigenvalue weighted by molar-refractivity contribution is 6.33. The van der Waals surface area contributed by atoms with Crippen molar-refractivity contribution in [2.24, 2.45) is 0 Å². The topological polar surface area (TPSA) is 64.3 Å². The van der Waals surface area contributed by atoms with E-state index in [4.69, 9.17) is 33.7 Å². The van der Waals surface area contributed by atoms with E-state index >= 15 is 0 Å². The van der Waals surface area contributed by atoms with Gasteiger partial charge in [0, 0.05) is 16.8 Å². The van der Waals surface area contributed by atoms with Crippen LogP contribution in [0.15, 0.2) is 36.4 Å². The molecule has 0 heterocycles. The van der Waals surface area contributed by atoms with Gasteiger partial charge in [-0.1, -0.05) is 29.3 Å². The quantitative estimate of drug-likeness (QED) is 0.803. The highest BCUT2D eigenvalue weighted by Crippen LogP contribution is 2.25. The molecule has 0 aliphatic heterocycles. The average molecular weight is 311 g/mol. The molecular formula is C14H12Cl2N2O2. The van der Waals surface area contributed by atoms with Crippen molar-refractivity contribution in [3.05, 3.63) is 52.0 Å². The summed E-state index contributed by atoms with van der Waals surface area (Å²) in [5.41, 5.74) is 7.44. The molecule has 0 spiro atoms. The molecule has 0 aliphatic rings. The number of anilines is 2. The summed E-state index contributed by atoms with van der Waals surface area (Å²) in [6, 6.07) is 9.79. The Morgan fingerprint density at radius 1 is 1.20 bits per heavy atom. The second-order valence-corrected chi connectivity index (χ2v) is 5.00. The number of benzene rings is 2. The van der Waals surface area contributed by atoms with Crippen LogP contribution < -0.4 is 15.8 Å². The molecule has 0 unspecified atom stereocenters. The van der Waals surface area contributed by atoms with Crippen LogP contribution >= 0.6 is 23.2 Å². The first-order valence-electron chi connectivity index (χ1n) is 5.76. The minimum atomic E-state index is -0.628. The Kier molecular flexibility index (Phi) is 4.37. The van der Waals surface area contributed by atoms with Gasteiger partial charge in [-0.2, -0.15) is 0 Å². The molecular weight excluding hydrogens is 299 g/mol. The Balaban J connectivity index is 2.09. The molecule has 0 atom stereocenters. The van der Waals surface area contributed by atoms with E-state index in [0.29, 0.717) is 27.2 Å². The molecule has 104 valence electrons. The van der Waals surface area contributed by atoms with Crippen molar-refractivity contribution >= 4 is 40.7 Å². The molecule has 3 N–H and O–H groups in total. The summed E-state index contributed by atoms with van der Waals surface area (Å²) < 4.78 is 5.12. The summed E-state index contributed by atoms with van der Waals surface area (Å²) in [6.45, 7) is 1.85. The van der Waals surface area contributed by atoms with Gasteiger partial charge in [0.05, 0.1) is 10.7 Å². The molecule has 0 bridgehead atoms. The highest BCUT2D eigenvalue weighted by atomic mass is 35.5. The zero-order valence-electron chi connectivity index (χ0n) is 10.6. The number of nitrogens with one attached hydrogen (secondary N) is 1. The molecule has 1 amide bonds. The Morgan fingerprint density at radius 2 is 1.95 bits per heavy atom. The van der Waals surface area contributed by atoms with Crippen LogP contribution in [0.1, 0.15) is 5.56 Å². The second-order valence-electron chi connectivity index (χ2n) is 4.16. The zero-order chi connectivity index (χ0) is 14.7. The first-order chi connectivity index (χ1) is 9.45. The number of nitrogen functional groups attached to an aromatic ring is 1. The van der Waals surface area contributed by atoms with Gasteiger partial charge in [-0.25, -0.2) is 4.79 Å². The second kappa shape index (κ2) is 6.03. The zero-order valence-corrected chi connectivity index (χ0v) is 12.1. The van der Waals surface area contributed by atoms with E-state index in [1.165, 1.54) is 6.07 Å². The predicted molar refractivity (Wildman–Crippen MR) is 81.7 cm³/mol. The average Bonchev–Trinajstić information content (AvgIpc) is 2.38. The first-order valence-corrected chi connectivity index (χ1v) is 6.51. The fraction of sp³-hybridized carbons (Fsp3) is 0.0714. The Bertz CT molecular complexity index is 660. The number of ether oxygens (including phenoxy) is 1. The third kappa shape index (κ3) is 3.56. The number of hydrogen-bond acceptors (Lipinski definition) is 3. The fourth-order valence-electron chi connectivity index (χ4n) is 1.56. The minimum Gasteiger partial charge on any atom is -0.410 e. The van der Waals surface area contributed by atoms with Gasteiger partial charge in [0.1, 0.15) is 5.75 Å². The van der Waals surface area contributed by atoms with Crippen LogP contribution in [0.2, 0.25) is 10.0 Å². The molecule has 4 nitrogen and oxygen atoms in total. The molecule has 2 aromatic carbocycles. The number of nitrogens with two attached hydrogens (primary N) is 1. The molecule has 0 radical (unpaired) electrons.